The lowest BCUT2D eigenvalue weighted by atomic mass is 9.78. The summed E-state index contributed by atoms with van der Waals surface area (Å²) in [5.74, 6) is -0.984. The van der Waals surface area contributed by atoms with E-state index in [1.165, 1.54) is 6.07 Å². The van der Waals surface area contributed by atoms with Gasteiger partial charge in [-0.2, -0.15) is 0 Å². The van der Waals surface area contributed by atoms with Crippen LogP contribution in [0.4, 0.5) is 9.18 Å². The Labute approximate surface area is 176 Å². The molecular formula is C24H19FN2O4. The van der Waals surface area contributed by atoms with Gasteiger partial charge in [0.2, 0.25) is 0 Å². The van der Waals surface area contributed by atoms with Crippen LogP contribution in [0.1, 0.15) is 31.2 Å². The molecule has 2 amide bonds. The summed E-state index contributed by atoms with van der Waals surface area (Å²) < 4.78 is 19.2. The third-order valence-electron chi connectivity index (χ3n) is 6.13. The van der Waals surface area contributed by atoms with Crippen molar-refractivity contribution in [1.82, 2.24) is 10.3 Å². The summed E-state index contributed by atoms with van der Waals surface area (Å²) in [6, 6.07) is 13.8. The van der Waals surface area contributed by atoms with Crippen molar-refractivity contribution in [1.29, 1.82) is 0 Å². The predicted octanol–water partition coefficient (Wildman–Crippen LogP) is 4.30. The lowest BCUT2D eigenvalue weighted by Crippen LogP contribution is -2.30. The molecule has 156 valence electrons. The number of halogens is 1. The van der Waals surface area contributed by atoms with Gasteiger partial charge in [0.1, 0.15) is 5.82 Å². The fourth-order valence-electron chi connectivity index (χ4n) is 4.61. The predicted molar refractivity (Wildman–Crippen MR) is 113 cm³/mol. The number of aromatic nitrogens is 1. The first-order valence-electron chi connectivity index (χ1n) is 10.1. The summed E-state index contributed by atoms with van der Waals surface area (Å²) in [6.45, 7) is 0. The minimum absolute atomic E-state index is 0.0691. The minimum atomic E-state index is -0.808. The van der Waals surface area contributed by atoms with Gasteiger partial charge in [0.25, 0.3) is 11.5 Å². The maximum atomic E-state index is 14.2. The van der Waals surface area contributed by atoms with Gasteiger partial charge in [-0.15, -0.1) is 0 Å². The van der Waals surface area contributed by atoms with Crippen LogP contribution in [-0.4, -0.2) is 17.0 Å². The van der Waals surface area contributed by atoms with Crippen molar-refractivity contribution in [3.63, 3.8) is 0 Å². The van der Waals surface area contributed by atoms with Crippen LogP contribution in [0.25, 0.3) is 22.0 Å². The molecule has 1 saturated heterocycles. The Morgan fingerprint density at radius 3 is 2.52 bits per heavy atom. The van der Waals surface area contributed by atoms with E-state index in [1.807, 2.05) is 18.2 Å². The second-order valence-corrected chi connectivity index (χ2v) is 8.01. The molecule has 0 spiro atoms. The largest absolute Gasteiger partial charge is 0.419 e. The van der Waals surface area contributed by atoms with Crippen LogP contribution in [0.2, 0.25) is 0 Å². The number of imide groups is 1. The monoisotopic (exact) mass is 418 g/mol. The maximum Gasteiger partial charge on any atom is 0.419 e. The molecule has 2 aromatic carbocycles. The third-order valence-corrected chi connectivity index (χ3v) is 6.13. The summed E-state index contributed by atoms with van der Waals surface area (Å²) in [5.41, 5.74) is 0.825. The first kappa shape index (κ1) is 19.2. The average Bonchev–Trinajstić information content (AvgIpc) is 3.34. The van der Waals surface area contributed by atoms with Crippen molar-refractivity contribution in [2.45, 2.75) is 31.1 Å². The molecule has 6 nitrogen and oxygen atoms in total. The molecule has 31 heavy (non-hydrogen) atoms. The molecule has 2 fully saturated rings. The first-order chi connectivity index (χ1) is 14.9. The van der Waals surface area contributed by atoms with Crippen molar-refractivity contribution < 1.29 is 18.7 Å². The van der Waals surface area contributed by atoms with Gasteiger partial charge in [-0.1, -0.05) is 43.2 Å². The normalized spacial score (nSPS) is 19.1. The van der Waals surface area contributed by atoms with Gasteiger partial charge in [-0.05, 0) is 48.1 Å². The Morgan fingerprint density at radius 1 is 1.00 bits per heavy atom. The van der Waals surface area contributed by atoms with E-state index in [0.717, 1.165) is 18.2 Å². The zero-order valence-electron chi connectivity index (χ0n) is 16.5. The minimum Gasteiger partial charge on any atom is -0.404 e. The van der Waals surface area contributed by atoms with E-state index in [4.69, 9.17) is 4.74 Å². The number of hydrogen-bond acceptors (Lipinski definition) is 4. The fourth-order valence-corrected chi connectivity index (χ4v) is 4.61. The number of H-pyrrole nitrogens is 1. The molecule has 5 rings (SSSR count). The Balaban J connectivity index is 1.57. The first-order valence-corrected chi connectivity index (χ1v) is 10.1. The number of amides is 2. The third kappa shape index (κ3) is 3.32. The van der Waals surface area contributed by atoms with E-state index >= 15 is 0 Å². The van der Waals surface area contributed by atoms with Gasteiger partial charge >= 0.3 is 6.09 Å². The van der Waals surface area contributed by atoms with E-state index in [0.29, 0.717) is 35.0 Å². The zero-order valence-corrected chi connectivity index (χ0v) is 16.5. The molecule has 7 heteroatoms. The highest BCUT2D eigenvalue weighted by molar-refractivity contribution is 6.07. The average molecular weight is 418 g/mol. The topological polar surface area (TPSA) is 88.3 Å². The number of carbonyl (C=O) groups excluding carboxylic acids is 2. The summed E-state index contributed by atoms with van der Waals surface area (Å²) >= 11 is 0. The summed E-state index contributed by atoms with van der Waals surface area (Å²) in [6.07, 6.45) is 3.93. The number of fused-ring (bicyclic) bond motifs is 1. The molecular weight excluding hydrogens is 399 g/mol. The van der Waals surface area contributed by atoms with Crippen LogP contribution in [0.15, 0.2) is 65.2 Å². The number of cyclic esters (lactones) is 1. The molecule has 0 unspecified atom stereocenters. The van der Waals surface area contributed by atoms with Crippen molar-refractivity contribution in [3.8, 4) is 11.3 Å². The van der Waals surface area contributed by atoms with E-state index in [9.17, 15) is 18.8 Å². The lowest BCUT2D eigenvalue weighted by molar-refractivity contribution is -0.116. The van der Waals surface area contributed by atoms with Gasteiger partial charge in [-0.3, -0.25) is 14.9 Å². The standard InChI is InChI=1S/C24H19FN2O4/c25-18-5-3-4-14-6-7-15(12-16(14)18)19-9-8-17(21(28)26-19)24(10-1-2-11-24)13-20-22(29)27-23(30)31-20/h3-9,12-13H,1-2,10-11H2,(H,26,28)(H,27,29,30)/b20-13+. The van der Waals surface area contributed by atoms with Crippen LogP contribution in [-0.2, 0) is 14.9 Å². The van der Waals surface area contributed by atoms with Crippen LogP contribution >= 0.6 is 0 Å². The molecule has 2 heterocycles. The fraction of sp³-hybridized carbons (Fsp3) is 0.208. The second-order valence-electron chi connectivity index (χ2n) is 8.01. The van der Waals surface area contributed by atoms with E-state index in [1.54, 1.807) is 30.3 Å². The van der Waals surface area contributed by atoms with Gasteiger partial charge in [0, 0.05) is 22.1 Å². The molecule has 1 aromatic heterocycles. The highest BCUT2D eigenvalue weighted by atomic mass is 19.1. The molecule has 2 aliphatic rings. The second kappa shape index (κ2) is 7.19. The van der Waals surface area contributed by atoms with Gasteiger partial charge in [0.15, 0.2) is 5.76 Å². The van der Waals surface area contributed by atoms with Gasteiger partial charge in [-0.25, -0.2) is 9.18 Å². The SMILES string of the molecule is O=C1NC(=O)/C(=C\C2(c3ccc(-c4ccc5cccc(F)c5c4)[nH]c3=O)CCCC2)O1. The van der Waals surface area contributed by atoms with Crippen molar-refractivity contribution in [3.05, 3.63) is 82.1 Å². The molecule has 0 radical (unpaired) electrons. The van der Waals surface area contributed by atoms with Crippen molar-refractivity contribution in [2.75, 3.05) is 0 Å². The number of alkyl carbamates (subject to hydrolysis) is 1. The number of carbonyl (C=O) groups is 2. The van der Waals surface area contributed by atoms with Crippen LogP contribution in [0, 0.1) is 5.82 Å². The maximum absolute atomic E-state index is 14.2. The Bertz CT molecular complexity index is 1320. The molecule has 0 atom stereocenters. The van der Waals surface area contributed by atoms with E-state index in [2.05, 4.69) is 10.3 Å². The van der Waals surface area contributed by atoms with Gasteiger partial charge in [0.05, 0.1) is 0 Å². The number of nitrogens with one attached hydrogen (secondary N) is 2. The lowest BCUT2D eigenvalue weighted by Gasteiger charge is -2.25. The number of ether oxygens (including phenoxy) is 1. The van der Waals surface area contributed by atoms with E-state index < -0.39 is 17.4 Å². The zero-order chi connectivity index (χ0) is 21.6. The number of aromatic amines is 1. The van der Waals surface area contributed by atoms with Crippen molar-refractivity contribution in [2.24, 2.45) is 0 Å². The van der Waals surface area contributed by atoms with Crippen LogP contribution in [0.5, 0.6) is 0 Å². The Kier molecular flexibility index (Phi) is 4.46. The summed E-state index contributed by atoms with van der Waals surface area (Å²) in [7, 11) is 0. The smallest absolute Gasteiger partial charge is 0.404 e. The number of allylic oxidation sites excluding steroid dienone is 1. The Morgan fingerprint density at radius 2 is 1.81 bits per heavy atom. The number of rotatable bonds is 3. The number of pyridine rings is 1. The quantitative estimate of drug-likeness (QED) is 0.621. The molecule has 2 N–H and O–H groups in total. The number of benzene rings is 2. The molecule has 3 aromatic rings. The van der Waals surface area contributed by atoms with Crippen LogP contribution in [0.3, 0.4) is 0 Å². The molecule has 1 aliphatic carbocycles. The Hall–Kier alpha value is -3.74. The summed E-state index contributed by atoms with van der Waals surface area (Å²) in [4.78, 5) is 39.3. The highest BCUT2D eigenvalue weighted by Gasteiger charge is 2.39. The molecule has 1 aliphatic heterocycles. The molecule has 1 saturated carbocycles. The summed E-state index contributed by atoms with van der Waals surface area (Å²) in [5, 5.41) is 3.35. The van der Waals surface area contributed by atoms with E-state index in [-0.39, 0.29) is 17.1 Å². The van der Waals surface area contributed by atoms with Crippen LogP contribution < -0.4 is 10.9 Å². The van der Waals surface area contributed by atoms with Crippen molar-refractivity contribution >= 4 is 22.8 Å². The molecule has 0 bridgehead atoms. The van der Waals surface area contributed by atoms with Gasteiger partial charge < -0.3 is 9.72 Å². The number of hydrogen-bond donors (Lipinski definition) is 2. The highest BCUT2D eigenvalue weighted by Crippen LogP contribution is 2.42.